The Hall–Kier alpha value is -3.10. The number of hydrogen-bond acceptors (Lipinski definition) is 7. The van der Waals surface area contributed by atoms with Gasteiger partial charge in [0, 0.05) is 6.92 Å². The molecular weight excluding hydrogens is 392 g/mol. The van der Waals surface area contributed by atoms with Crippen LogP contribution < -0.4 is 15.4 Å². The molecule has 2 unspecified atom stereocenters. The molecule has 1 aromatic rings. The van der Waals surface area contributed by atoms with Crippen molar-refractivity contribution in [1.29, 1.82) is 0 Å². The van der Waals surface area contributed by atoms with Gasteiger partial charge in [0.1, 0.15) is 11.8 Å². The van der Waals surface area contributed by atoms with Crippen molar-refractivity contribution in [2.24, 2.45) is 5.92 Å². The summed E-state index contributed by atoms with van der Waals surface area (Å²) in [6.45, 7) is 4.61. The summed E-state index contributed by atoms with van der Waals surface area (Å²) in [6.07, 6.45) is 0.236. The number of carbonyl (C=O) groups excluding carboxylic acids is 4. The lowest BCUT2D eigenvalue weighted by atomic mass is 10.0. The molecule has 1 aromatic carbocycles. The summed E-state index contributed by atoms with van der Waals surface area (Å²) in [5.74, 6) is -1.36. The molecule has 2 atom stereocenters. The van der Waals surface area contributed by atoms with Crippen LogP contribution in [0.1, 0.15) is 45.2 Å². The van der Waals surface area contributed by atoms with Gasteiger partial charge in [-0.15, -0.1) is 0 Å². The number of benzene rings is 1. The van der Waals surface area contributed by atoms with Gasteiger partial charge in [0.25, 0.3) is 5.91 Å². The summed E-state index contributed by atoms with van der Waals surface area (Å²) < 4.78 is 14.8. The predicted molar refractivity (Wildman–Crippen MR) is 109 cm³/mol. The fourth-order valence-electron chi connectivity index (χ4n) is 2.77. The number of esters is 2. The van der Waals surface area contributed by atoms with Crippen LogP contribution in [-0.2, 0) is 28.7 Å². The van der Waals surface area contributed by atoms with Crippen molar-refractivity contribution in [3.05, 3.63) is 29.8 Å². The molecule has 2 N–H and O–H groups in total. The minimum Gasteiger partial charge on any atom is -0.497 e. The summed E-state index contributed by atoms with van der Waals surface area (Å²) in [5.41, 5.74) is 0.690. The van der Waals surface area contributed by atoms with E-state index in [2.05, 4.69) is 15.4 Å². The zero-order valence-electron chi connectivity index (χ0n) is 18.0. The molecule has 0 bridgehead atoms. The third-order valence-electron chi connectivity index (χ3n) is 4.16. The lowest BCUT2D eigenvalue weighted by molar-refractivity contribution is -0.150. The Bertz CT molecular complexity index is 731. The highest BCUT2D eigenvalue weighted by atomic mass is 16.5. The Balaban J connectivity index is 2.66. The number of nitrogens with one attached hydrogen (secondary N) is 2. The van der Waals surface area contributed by atoms with Crippen molar-refractivity contribution in [3.8, 4) is 5.75 Å². The van der Waals surface area contributed by atoms with Gasteiger partial charge < -0.3 is 24.8 Å². The molecule has 0 aromatic heterocycles. The van der Waals surface area contributed by atoms with Crippen LogP contribution in [0.3, 0.4) is 0 Å². The van der Waals surface area contributed by atoms with E-state index in [1.165, 1.54) is 21.1 Å². The van der Waals surface area contributed by atoms with Crippen molar-refractivity contribution in [1.82, 2.24) is 10.6 Å². The molecular formula is C21H30N2O7. The number of carbonyl (C=O) groups is 4. The van der Waals surface area contributed by atoms with Crippen LogP contribution in [0.2, 0.25) is 0 Å². The van der Waals surface area contributed by atoms with E-state index in [0.717, 1.165) is 0 Å². The van der Waals surface area contributed by atoms with Crippen LogP contribution in [0.15, 0.2) is 24.3 Å². The molecule has 0 aliphatic carbocycles. The summed E-state index contributed by atoms with van der Waals surface area (Å²) in [6, 6.07) is 5.45. The molecule has 0 fully saturated rings. The van der Waals surface area contributed by atoms with Crippen LogP contribution >= 0.6 is 0 Å². The van der Waals surface area contributed by atoms with Gasteiger partial charge in [-0.25, -0.2) is 4.79 Å². The number of rotatable bonds is 11. The third-order valence-corrected chi connectivity index (χ3v) is 4.16. The highest BCUT2D eigenvalue weighted by Gasteiger charge is 2.24. The minimum atomic E-state index is -0.812. The highest BCUT2D eigenvalue weighted by Crippen LogP contribution is 2.21. The van der Waals surface area contributed by atoms with E-state index < -0.39 is 36.5 Å². The number of amides is 2. The van der Waals surface area contributed by atoms with Crippen LogP contribution in [-0.4, -0.2) is 50.6 Å². The van der Waals surface area contributed by atoms with Crippen molar-refractivity contribution >= 4 is 23.8 Å². The van der Waals surface area contributed by atoms with Crippen molar-refractivity contribution in [2.75, 3.05) is 20.8 Å². The number of hydrogen-bond donors (Lipinski definition) is 2. The standard InChI is InChI=1S/C21H30N2O7/c1-13(2)10-18(21(27)29-5)23-19(25)12-30-20(26)11-17(22-14(3)24)15-6-8-16(28-4)9-7-15/h6-9,13,17-18H,10-12H2,1-5H3,(H,22,24)(H,23,25). The molecule has 0 saturated heterocycles. The van der Waals surface area contributed by atoms with Crippen LogP contribution in [0.4, 0.5) is 0 Å². The van der Waals surface area contributed by atoms with Gasteiger partial charge in [-0.2, -0.15) is 0 Å². The Kier molecular flexibility index (Phi) is 10.4. The van der Waals surface area contributed by atoms with E-state index in [0.29, 0.717) is 17.7 Å². The first-order chi connectivity index (χ1) is 14.2. The lowest BCUT2D eigenvalue weighted by Crippen LogP contribution is -2.44. The summed E-state index contributed by atoms with van der Waals surface area (Å²) >= 11 is 0. The molecule has 0 heterocycles. The largest absolute Gasteiger partial charge is 0.497 e. The zero-order chi connectivity index (χ0) is 22.7. The second-order valence-electron chi connectivity index (χ2n) is 7.16. The van der Waals surface area contributed by atoms with Gasteiger partial charge in [-0.1, -0.05) is 26.0 Å². The fraction of sp³-hybridized carbons (Fsp3) is 0.524. The van der Waals surface area contributed by atoms with Gasteiger partial charge in [0.15, 0.2) is 6.61 Å². The molecule has 9 heteroatoms. The van der Waals surface area contributed by atoms with E-state index in [-0.39, 0.29) is 18.2 Å². The molecule has 0 radical (unpaired) electrons. The quantitative estimate of drug-likeness (QED) is 0.519. The summed E-state index contributed by atoms with van der Waals surface area (Å²) in [4.78, 5) is 47.6. The first-order valence-electron chi connectivity index (χ1n) is 9.60. The molecule has 0 aliphatic rings. The normalized spacial score (nSPS) is 12.5. The topological polar surface area (TPSA) is 120 Å². The molecule has 2 amide bonds. The fourth-order valence-corrected chi connectivity index (χ4v) is 2.77. The average molecular weight is 422 g/mol. The summed E-state index contributed by atoms with van der Waals surface area (Å²) in [7, 11) is 2.78. The molecule has 1 rings (SSSR count). The van der Waals surface area contributed by atoms with E-state index in [1.807, 2.05) is 13.8 Å². The molecule has 30 heavy (non-hydrogen) atoms. The van der Waals surface area contributed by atoms with E-state index in [4.69, 9.17) is 9.47 Å². The van der Waals surface area contributed by atoms with Crippen molar-refractivity contribution in [2.45, 2.75) is 45.7 Å². The smallest absolute Gasteiger partial charge is 0.328 e. The SMILES string of the molecule is COC(=O)C(CC(C)C)NC(=O)COC(=O)CC(NC(C)=O)c1ccc(OC)cc1. The second-order valence-corrected chi connectivity index (χ2v) is 7.16. The molecule has 0 saturated carbocycles. The first-order valence-corrected chi connectivity index (χ1v) is 9.60. The van der Waals surface area contributed by atoms with E-state index >= 15 is 0 Å². The van der Waals surface area contributed by atoms with Gasteiger partial charge in [0.05, 0.1) is 26.7 Å². The van der Waals surface area contributed by atoms with Crippen LogP contribution in [0.25, 0.3) is 0 Å². The Morgan fingerprint density at radius 2 is 1.63 bits per heavy atom. The molecule has 0 aliphatic heterocycles. The molecule has 9 nitrogen and oxygen atoms in total. The molecule has 166 valence electrons. The first kappa shape index (κ1) is 24.9. The Labute approximate surface area is 176 Å². The Morgan fingerprint density at radius 3 is 2.13 bits per heavy atom. The predicted octanol–water partition coefficient (Wildman–Crippen LogP) is 1.51. The monoisotopic (exact) mass is 422 g/mol. The number of ether oxygens (including phenoxy) is 3. The lowest BCUT2D eigenvalue weighted by Gasteiger charge is -2.19. The Morgan fingerprint density at radius 1 is 1.00 bits per heavy atom. The van der Waals surface area contributed by atoms with Crippen molar-refractivity contribution in [3.63, 3.8) is 0 Å². The number of methoxy groups -OCH3 is 2. The highest BCUT2D eigenvalue weighted by molar-refractivity contribution is 5.86. The van der Waals surface area contributed by atoms with Crippen LogP contribution in [0, 0.1) is 5.92 Å². The van der Waals surface area contributed by atoms with Crippen LogP contribution in [0.5, 0.6) is 5.75 Å². The van der Waals surface area contributed by atoms with Gasteiger partial charge in [-0.3, -0.25) is 14.4 Å². The van der Waals surface area contributed by atoms with Gasteiger partial charge in [0.2, 0.25) is 5.91 Å². The van der Waals surface area contributed by atoms with Gasteiger partial charge >= 0.3 is 11.9 Å². The second kappa shape index (κ2) is 12.5. The van der Waals surface area contributed by atoms with Crippen molar-refractivity contribution < 1.29 is 33.4 Å². The minimum absolute atomic E-state index is 0.153. The zero-order valence-corrected chi connectivity index (χ0v) is 18.0. The molecule has 0 spiro atoms. The van der Waals surface area contributed by atoms with E-state index in [1.54, 1.807) is 24.3 Å². The van der Waals surface area contributed by atoms with E-state index in [9.17, 15) is 19.2 Å². The average Bonchev–Trinajstić information content (AvgIpc) is 2.70. The van der Waals surface area contributed by atoms with Gasteiger partial charge in [-0.05, 0) is 30.0 Å². The third kappa shape index (κ3) is 8.93. The maximum absolute atomic E-state index is 12.2. The maximum Gasteiger partial charge on any atom is 0.328 e. The summed E-state index contributed by atoms with van der Waals surface area (Å²) in [5, 5.41) is 5.20. The maximum atomic E-state index is 12.2.